The Morgan fingerprint density at radius 2 is 2.21 bits per heavy atom. The molecule has 0 amide bonds. The topological polar surface area (TPSA) is 72.8 Å². The molecule has 19 heavy (non-hydrogen) atoms. The Labute approximate surface area is 119 Å². The molecule has 0 radical (unpaired) electrons. The average Bonchev–Trinajstić information content (AvgIpc) is 2.39. The van der Waals surface area contributed by atoms with Crippen LogP contribution in [0.3, 0.4) is 0 Å². The number of hydrogen-bond acceptors (Lipinski definition) is 4. The van der Waals surface area contributed by atoms with Gasteiger partial charge in [0.2, 0.25) is 0 Å². The Bertz CT molecular complexity index is 472. The predicted molar refractivity (Wildman–Crippen MR) is 73.0 cm³/mol. The summed E-state index contributed by atoms with van der Waals surface area (Å²) in [5.74, 6) is -0.428. The molecule has 0 saturated carbocycles. The van der Waals surface area contributed by atoms with Gasteiger partial charge in [-0.3, -0.25) is 4.79 Å². The smallest absolute Gasteiger partial charge is 0.344 e. The Kier molecular flexibility index (Phi) is 5.82. The number of carboxylic acids is 1. The average molecular weight is 331 g/mol. The van der Waals surface area contributed by atoms with Gasteiger partial charge in [-0.25, -0.2) is 4.79 Å². The van der Waals surface area contributed by atoms with Gasteiger partial charge in [0.25, 0.3) is 0 Å². The summed E-state index contributed by atoms with van der Waals surface area (Å²) in [7, 11) is 1.43. The van der Waals surface area contributed by atoms with Crippen molar-refractivity contribution >= 4 is 28.2 Å². The first-order chi connectivity index (χ1) is 9.03. The quantitative estimate of drug-likeness (QED) is 0.778. The third-order valence-corrected chi connectivity index (χ3v) is 3.06. The fraction of sp³-hybridized carbons (Fsp3) is 0.385. The van der Waals surface area contributed by atoms with E-state index in [2.05, 4.69) is 15.9 Å². The largest absolute Gasteiger partial charge is 0.493 e. The van der Waals surface area contributed by atoms with E-state index in [0.717, 1.165) is 0 Å². The maximum atomic E-state index is 11.1. The maximum Gasteiger partial charge on any atom is 0.344 e. The zero-order valence-electron chi connectivity index (χ0n) is 10.7. The van der Waals surface area contributed by atoms with E-state index in [0.29, 0.717) is 34.9 Å². The lowest BCUT2D eigenvalue weighted by atomic mass is 10.2. The lowest BCUT2D eigenvalue weighted by Crippen LogP contribution is -2.27. The van der Waals surface area contributed by atoms with Crippen molar-refractivity contribution in [1.82, 2.24) is 0 Å². The molecule has 0 saturated heterocycles. The summed E-state index contributed by atoms with van der Waals surface area (Å²) in [6, 6.07) is 3.05. The highest BCUT2D eigenvalue weighted by Gasteiger charge is 2.22. The van der Waals surface area contributed by atoms with Gasteiger partial charge in [0, 0.05) is 5.56 Å². The fourth-order valence-corrected chi connectivity index (χ4v) is 2.11. The zero-order chi connectivity index (χ0) is 14.4. The Balaban J connectivity index is 3.11. The van der Waals surface area contributed by atoms with Crippen LogP contribution in [0, 0.1) is 0 Å². The molecule has 1 N–H and O–H groups in total. The Hall–Kier alpha value is -1.56. The minimum Gasteiger partial charge on any atom is -0.493 e. The van der Waals surface area contributed by atoms with Gasteiger partial charge < -0.3 is 14.6 Å². The molecule has 1 unspecified atom stereocenters. The van der Waals surface area contributed by atoms with Crippen molar-refractivity contribution in [1.29, 1.82) is 0 Å². The Morgan fingerprint density at radius 1 is 1.53 bits per heavy atom. The van der Waals surface area contributed by atoms with Gasteiger partial charge >= 0.3 is 5.97 Å². The van der Waals surface area contributed by atoms with Crippen LogP contribution in [0.25, 0.3) is 0 Å². The molecule has 1 atom stereocenters. The summed E-state index contributed by atoms with van der Waals surface area (Å²) in [5, 5.41) is 9.08. The first-order valence-electron chi connectivity index (χ1n) is 5.75. The molecule has 1 rings (SSSR count). The number of methoxy groups -OCH3 is 1. The van der Waals surface area contributed by atoms with Gasteiger partial charge in [0.05, 0.1) is 11.6 Å². The minimum absolute atomic E-state index is 0.286. The van der Waals surface area contributed by atoms with Gasteiger partial charge in [-0.1, -0.05) is 13.3 Å². The van der Waals surface area contributed by atoms with Gasteiger partial charge in [-0.05, 0) is 34.5 Å². The van der Waals surface area contributed by atoms with Crippen molar-refractivity contribution < 1.29 is 24.2 Å². The van der Waals surface area contributed by atoms with E-state index in [4.69, 9.17) is 14.6 Å². The summed E-state index contributed by atoms with van der Waals surface area (Å²) in [5.41, 5.74) is 0.415. The molecule has 1 aromatic carbocycles. The van der Waals surface area contributed by atoms with Gasteiger partial charge in [0.15, 0.2) is 17.6 Å². The second kappa shape index (κ2) is 7.13. The third-order valence-electron chi connectivity index (χ3n) is 2.47. The van der Waals surface area contributed by atoms with Crippen LogP contribution >= 0.6 is 15.9 Å². The number of carboxylic acid groups (broad SMARTS) is 1. The number of aliphatic carboxylic acids is 1. The number of ether oxygens (including phenoxy) is 2. The molecule has 0 aliphatic carbocycles. The molecule has 0 aromatic heterocycles. The van der Waals surface area contributed by atoms with Crippen LogP contribution in [0.5, 0.6) is 11.5 Å². The van der Waals surface area contributed by atoms with Crippen LogP contribution in [0.4, 0.5) is 0 Å². The summed E-state index contributed by atoms with van der Waals surface area (Å²) < 4.78 is 11.1. The lowest BCUT2D eigenvalue weighted by Gasteiger charge is -2.18. The number of carbonyl (C=O) groups is 2. The number of halogens is 1. The number of hydrogen-bond donors (Lipinski definition) is 1. The van der Waals surface area contributed by atoms with Crippen molar-refractivity contribution in [2.24, 2.45) is 0 Å². The van der Waals surface area contributed by atoms with Crippen molar-refractivity contribution in [2.75, 3.05) is 7.11 Å². The molecule has 0 spiro atoms. The third kappa shape index (κ3) is 3.96. The van der Waals surface area contributed by atoms with E-state index in [1.54, 1.807) is 6.07 Å². The standard InChI is InChI=1S/C13H15BrO5/c1-3-4-10(13(16)17)19-12-9(14)5-8(7-15)6-11(12)18-2/h5-7,10H,3-4H2,1-2H3,(H,16,17). The summed E-state index contributed by atoms with van der Waals surface area (Å²) in [4.78, 5) is 21.9. The molecule has 104 valence electrons. The van der Waals surface area contributed by atoms with Crippen molar-refractivity contribution in [2.45, 2.75) is 25.9 Å². The van der Waals surface area contributed by atoms with Crippen LogP contribution in [0.1, 0.15) is 30.1 Å². The van der Waals surface area contributed by atoms with E-state index in [1.165, 1.54) is 13.2 Å². The van der Waals surface area contributed by atoms with E-state index in [9.17, 15) is 9.59 Å². The fourth-order valence-electron chi connectivity index (χ4n) is 1.56. The molecule has 0 heterocycles. The van der Waals surface area contributed by atoms with Crippen LogP contribution < -0.4 is 9.47 Å². The maximum absolute atomic E-state index is 11.1. The van der Waals surface area contributed by atoms with Crippen LogP contribution in [0.15, 0.2) is 16.6 Å². The number of aldehydes is 1. The summed E-state index contributed by atoms with van der Waals surface area (Å²) >= 11 is 3.25. The summed E-state index contributed by atoms with van der Waals surface area (Å²) in [6.07, 6.45) is 0.804. The molecule has 1 aromatic rings. The van der Waals surface area contributed by atoms with Gasteiger partial charge in [-0.2, -0.15) is 0 Å². The first kappa shape index (κ1) is 15.5. The van der Waals surface area contributed by atoms with Crippen LogP contribution in [-0.2, 0) is 4.79 Å². The molecule has 6 heteroatoms. The zero-order valence-corrected chi connectivity index (χ0v) is 12.3. The van der Waals surface area contributed by atoms with E-state index in [1.807, 2.05) is 6.92 Å². The van der Waals surface area contributed by atoms with E-state index in [-0.39, 0.29) is 5.75 Å². The second-order valence-electron chi connectivity index (χ2n) is 3.89. The number of carbonyl (C=O) groups excluding carboxylic acids is 1. The Morgan fingerprint density at radius 3 is 2.68 bits per heavy atom. The number of rotatable bonds is 7. The van der Waals surface area contributed by atoms with Crippen LogP contribution in [-0.4, -0.2) is 30.6 Å². The van der Waals surface area contributed by atoms with E-state index < -0.39 is 12.1 Å². The monoisotopic (exact) mass is 330 g/mol. The van der Waals surface area contributed by atoms with Crippen molar-refractivity contribution in [3.8, 4) is 11.5 Å². The highest BCUT2D eigenvalue weighted by molar-refractivity contribution is 9.10. The summed E-state index contributed by atoms with van der Waals surface area (Å²) in [6.45, 7) is 1.88. The second-order valence-corrected chi connectivity index (χ2v) is 4.74. The molecule has 0 aliphatic rings. The van der Waals surface area contributed by atoms with Gasteiger partial charge in [0.1, 0.15) is 6.29 Å². The highest BCUT2D eigenvalue weighted by atomic mass is 79.9. The minimum atomic E-state index is -1.03. The lowest BCUT2D eigenvalue weighted by molar-refractivity contribution is -0.145. The van der Waals surface area contributed by atoms with Gasteiger partial charge in [-0.15, -0.1) is 0 Å². The van der Waals surface area contributed by atoms with Crippen molar-refractivity contribution in [3.05, 3.63) is 22.2 Å². The molecule has 0 aliphatic heterocycles. The normalized spacial score (nSPS) is 11.7. The molecular weight excluding hydrogens is 316 g/mol. The number of benzene rings is 1. The molecular formula is C13H15BrO5. The predicted octanol–water partition coefficient (Wildman–Crippen LogP) is 2.90. The highest BCUT2D eigenvalue weighted by Crippen LogP contribution is 2.37. The van der Waals surface area contributed by atoms with Crippen LogP contribution in [0.2, 0.25) is 0 Å². The molecule has 0 bridgehead atoms. The molecule has 0 fully saturated rings. The SMILES string of the molecule is CCCC(Oc1c(Br)cc(C=O)cc1OC)C(=O)O. The van der Waals surface area contributed by atoms with Crippen molar-refractivity contribution in [3.63, 3.8) is 0 Å². The molecule has 5 nitrogen and oxygen atoms in total. The van der Waals surface area contributed by atoms with E-state index >= 15 is 0 Å². The first-order valence-corrected chi connectivity index (χ1v) is 6.55.